The van der Waals surface area contributed by atoms with Gasteiger partial charge >= 0.3 is 0 Å². The summed E-state index contributed by atoms with van der Waals surface area (Å²) in [7, 11) is 8.05. The zero-order valence-electron chi connectivity index (χ0n) is 11.9. The monoisotopic (exact) mass is 258 g/mol. The second kappa shape index (κ2) is 5.65. The molecule has 0 saturated carbocycles. The molecule has 0 aliphatic rings. The number of nitrogens with zero attached hydrogens (tertiary/aromatic N) is 5. The molecule has 1 aromatic carbocycles. The van der Waals surface area contributed by atoms with Gasteiger partial charge in [-0.3, -0.25) is 0 Å². The van der Waals surface area contributed by atoms with Gasteiger partial charge < -0.3 is 4.90 Å². The fraction of sp³-hybridized carbons (Fsp3) is 0.357. The highest BCUT2D eigenvalue weighted by molar-refractivity contribution is 5.51. The number of hydrogen-bond donors (Lipinski definition) is 0. The quantitative estimate of drug-likeness (QED) is 0.612. The minimum absolute atomic E-state index is 0.590. The van der Waals surface area contributed by atoms with Crippen molar-refractivity contribution in [3.63, 3.8) is 0 Å². The Balaban J connectivity index is 2.01. The Labute approximate surface area is 113 Å². The van der Waals surface area contributed by atoms with Gasteiger partial charge in [0, 0.05) is 25.8 Å². The molecule has 0 N–H and O–H groups in total. The van der Waals surface area contributed by atoms with E-state index in [0.717, 1.165) is 17.1 Å². The highest BCUT2D eigenvalue weighted by Gasteiger charge is 2.05. The van der Waals surface area contributed by atoms with Gasteiger partial charge in [0.25, 0.3) is 0 Å². The van der Waals surface area contributed by atoms with E-state index in [4.69, 9.17) is 0 Å². The van der Waals surface area contributed by atoms with Crippen LogP contribution in [0.2, 0.25) is 0 Å². The Morgan fingerprint density at radius 1 is 1.16 bits per heavy atom. The lowest BCUT2D eigenvalue weighted by Crippen LogP contribution is -2.37. The first-order valence-electron chi connectivity index (χ1n) is 6.23. The minimum atomic E-state index is 0.590. The standard InChI is InChI=1S/C14H20N5/c1-17(2)13-7-5-12(6-8-13)16-15-11-14-9-10-18(3)19(14)4/h5-10H,11H2,1-4H3/q+1. The molecule has 1 aromatic heterocycles. The zero-order chi connectivity index (χ0) is 13.8. The van der Waals surface area contributed by atoms with Crippen LogP contribution in [0, 0.1) is 0 Å². The number of azo groups is 1. The van der Waals surface area contributed by atoms with Crippen LogP contribution in [-0.2, 0) is 20.6 Å². The van der Waals surface area contributed by atoms with Crippen molar-refractivity contribution in [2.24, 2.45) is 24.3 Å². The van der Waals surface area contributed by atoms with E-state index in [2.05, 4.69) is 15.1 Å². The van der Waals surface area contributed by atoms with Gasteiger partial charge in [0.2, 0.25) is 0 Å². The fourth-order valence-corrected chi connectivity index (χ4v) is 1.77. The average molecular weight is 258 g/mol. The highest BCUT2D eigenvalue weighted by atomic mass is 15.4. The lowest BCUT2D eigenvalue weighted by atomic mass is 10.3. The van der Waals surface area contributed by atoms with E-state index in [1.54, 1.807) is 0 Å². The van der Waals surface area contributed by atoms with Crippen molar-refractivity contribution >= 4 is 11.4 Å². The molecule has 0 unspecified atom stereocenters. The predicted octanol–water partition coefficient (Wildman–Crippen LogP) is 2.20. The summed E-state index contributed by atoms with van der Waals surface area (Å²) >= 11 is 0. The zero-order valence-corrected chi connectivity index (χ0v) is 11.9. The van der Waals surface area contributed by atoms with Gasteiger partial charge in [-0.05, 0) is 24.3 Å². The number of benzene rings is 1. The van der Waals surface area contributed by atoms with E-state index < -0.39 is 0 Å². The molecule has 100 valence electrons. The van der Waals surface area contributed by atoms with Gasteiger partial charge in [-0.25, -0.2) is 0 Å². The molecular formula is C14H20N5+. The first-order valence-corrected chi connectivity index (χ1v) is 6.23. The summed E-state index contributed by atoms with van der Waals surface area (Å²) in [4.78, 5) is 2.06. The Kier molecular flexibility index (Phi) is 3.94. The molecule has 0 bridgehead atoms. The molecular weight excluding hydrogens is 238 g/mol. The number of rotatable bonds is 4. The minimum Gasteiger partial charge on any atom is -0.378 e. The smallest absolute Gasteiger partial charge is 0.195 e. The van der Waals surface area contributed by atoms with Crippen LogP contribution in [0.25, 0.3) is 0 Å². The van der Waals surface area contributed by atoms with Crippen molar-refractivity contribution in [3.05, 3.63) is 42.2 Å². The summed E-state index contributed by atoms with van der Waals surface area (Å²) in [5, 5.41) is 8.47. The van der Waals surface area contributed by atoms with Crippen LogP contribution in [0.1, 0.15) is 5.69 Å². The van der Waals surface area contributed by atoms with E-state index in [-0.39, 0.29) is 0 Å². The van der Waals surface area contributed by atoms with Crippen LogP contribution in [0.4, 0.5) is 11.4 Å². The van der Waals surface area contributed by atoms with Crippen LogP contribution in [0.15, 0.2) is 46.8 Å². The maximum atomic E-state index is 4.24. The average Bonchev–Trinajstić information content (AvgIpc) is 2.71. The molecule has 0 saturated heterocycles. The van der Waals surface area contributed by atoms with Gasteiger partial charge in [-0.2, -0.15) is 14.9 Å². The van der Waals surface area contributed by atoms with Crippen LogP contribution >= 0.6 is 0 Å². The van der Waals surface area contributed by atoms with Crippen LogP contribution in [0.3, 0.4) is 0 Å². The molecule has 0 atom stereocenters. The van der Waals surface area contributed by atoms with Crippen molar-refractivity contribution in [3.8, 4) is 0 Å². The molecule has 0 spiro atoms. The topological polar surface area (TPSA) is 36.8 Å². The molecule has 1 heterocycles. The molecule has 5 nitrogen and oxygen atoms in total. The summed E-state index contributed by atoms with van der Waals surface area (Å²) in [5.74, 6) is 0. The number of anilines is 1. The third-order valence-corrected chi connectivity index (χ3v) is 3.16. The van der Waals surface area contributed by atoms with Gasteiger partial charge in [0.15, 0.2) is 13.2 Å². The number of hydrogen-bond acceptors (Lipinski definition) is 3. The molecule has 0 fully saturated rings. The third kappa shape index (κ3) is 3.19. The molecule has 0 aliphatic carbocycles. The SMILES string of the molecule is CN(C)c1ccc(N=NCc2cc[n+](C)n2C)cc1. The van der Waals surface area contributed by atoms with E-state index in [1.165, 1.54) is 0 Å². The Morgan fingerprint density at radius 2 is 1.84 bits per heavy atom. The van der Waals surface area contributed by atoms with Crippen molar-refractivity contribution in [1.29, 1.82) is 0 Å². The van der Waals surface area contributed by atoms with Crippen LogP contribution in [-0.4, -0.2) is 18.8 Å². The molecule has 0 amide bonds. The summed E-state index contributed by atoms with van der Waals surface area (Å²) in [6.45, 7) is 0.590. The fourth-order valence-electron chi connectivity index (χ4n) is 1.77. The first-order chi connectivity index (χ1) is 9.08. The van der Waals surface area contributed by atoms with Gasteiger partial charge in [0.1, 0.15) is 12.2 Å². The summed E-state index contributed by atoms with van der Waals surface area (Å²) in [5.41, 5.74) is 3.17. The van der Waals surface area contributed by atoms with Gasteiger partial charge in [0.05, 0.1) is 12.7 Å². The Hall–Kier alpha value is -2.17. The molecule has 2 rings (SSSR count). The summed E-state index contributed by atoms with van der Waals surface area (Å²) in [6.07, 6.45) is 2.01. The largest absolute Gasteiger partial charge is 0.378 e. The number of aryl methyl sites for hydroxylation is 1. The summed E-state index contributed by atoms with van der Waals surface area (Å²) in [6, 6.07) is 10.1. The second-order valence-electron chi connectivity index (χ2n) is 4.71. The maximum absolute atomic E-state index is 4.24. The Morgan fingerprint density at radius 3 is 2.37 bits per heavy atom. The molecule has 0 radical (unpaired) electrons. The van der Waals surface area contributed by atoms with Crippen LogP contribution in [0.5, 0.6) is 0 Å². The molecule has 19 heavy (non-hydrogen) atoms. The van der Waals surface area contributed by atoms with Gasteiger partial charge in [-0.1, -0.05) is 0 Å². The molecule has 0 aliphatic heterocycles. The normalized spacial score (nSPS) is 11.2. The first kappa shape index (κ1) is 13.3. The van der Waals surface area contributed by atoms with E-state index in [0.29, 0.717) is 6.54 Å². The molecule has 2 aromatic rings. The van der Waals surface area contributed by atoms with Gasteiger partial charge in [-0.15, -0.1) is 4.68 Å². The lowest BCUT2D eigenvalue weighted by molar-refractivity contribution is -0.751. The van der Waals surface area contributed by atoms with Crippen molar-refractivity contribution in [2.45, 2.75) is 6.54 Å². The van der Waals surface area contributed by atoms with Crippen LogP contribution < -0.4 is 9.58 Å². The predicted molar refractivity (Wildman–Crippen MR) is 75.6 cm³/mol. The van der Waals surface area contributed by atoms with Crippen molar-refractivity contribution in [2.75, 3.05) is 19.0 Å². The van der Waals surface area contributed by atoms with Crippen molar-refractivity contribution in [1.82, 2.24) is 4.68 Å². The highest BCUT2D eigenvalue weighted by Crippen LogP contribution is 2.18. The third-order valence-electron chi connectivity index (χ3n) is 3.16. The second-order valence-corrected chi connectivity index (χ2v) is 4.71. The van der Waals surface area contributed by atoms with E-state index in [9.17, 15) is 0 Å². The van der Waals surface area contributed by atoms with E-state index in [1.807, 2.05) is 74.1 Å². The molecule has 5 heteroatoms. The maximum Gasteiger partial charge on any atom is 0.195 e. The van der Waals surface area contributed by atoms with Crippen molar-refractivity contribution < 1.29 is 4.68 Å². The number of aromatic nitrogens is 2. The summed E-state index contributed by atoms with van der Waals surface area (Å²) < 4.78 is 4.06. The Bertz CT molecular complexity index is 566. The van der Waals surface area contributed by atoms with E-state index >= 15 is 0 Å². The lowest BCUT2D eigenvalue weighted by Gasteiger charge is -2.11.